The molecule has 0 aliphatic carbocycles. The number of hydrogen-bond acceptors (Lipinski definition) is 7. The lowest BCUT2D eigenvalue weighted by molar-refractivity contribution is -0.384. The number of nitrogens with one attached hydrogen (secondary N) is 1. The van der Waals surface area contributed by atoms with Gasteiger partial charge < -0.3 is 15.0 Å². The summed E-state index contributed by atoms with van der Waals surface area (Å²) in [5, 5.41) is 13.7. The Hall–Kier alpha value is -3.63. The Labute approximate surface area is 172 Å². The number of ether oxygens (including phenoxy) is 1. The van der Waals surface area contributed by atoms with E-state index < -0.39 is 22.3 Å². The topological polar surface area (TPSA) is 129 Å². The molecule has 0 aliphatic rings. The minimum absolute atomic E-state index is 0.0335. The highest BCUT2D eigenvalue weighted by molar-refractivity contribution is 5.67. The van der Waals surface area contributed by atoms with Gasteiger partial charge in [-0.05, 0) is 18.4 Å². The Balaban J connectivity index is 1.92. The van der Waals surface area contributed by atoms with E-state index in [0.29, 0.717) is 38.3 Å². The highest BCUT2D eigenvalue weighted by atomic mass is 16.6. The van der Waals surface area contributed by atoms with Crippen LogP contribution in [0, 0.1) is 10.1 Å². The zero-order chi connectivity index (χ0) is 22.3. The first kappa shape index (κ1) is 22.7. The van der Waals surface area contributed by atoms with E-state index >= 15 is 0 Å². The molecule has 0 unspecified atom stereocenters. The number of nitro benzene ring substituents is 1. The Morgan fingerprint density at radius 1 is 1.17 bits per heavy atom. The zero-order valence-electron chi connectivity index (χ0n) is 17.2. The predicted molar refractivity (Wildman–Crippen MR) is 111 cm³/mol. The summed E-state index contributed by atoms with van der Waals surface area (Å²) in [6, 6.07) is 7.60. The van der Waals surface area contributed by atoms with E-state index in [1.807, 2.05) is 0 Å². The predicted octanol–water partition coefficient (Wildman–Crippen LogP) is 1.11. The van der Waals surface area contributed by atoms with Gasteiger partial charge in [-0.15, -0.1) is 0 Å². The van der Waals surface area contributed by atoms with Crippen LogP contribution in [0.4, 0.5) is 16.3 Å². The number of aromatic nitrogens is 2. The van der Waals surface area contributed by atoms with Gasteiger partial charge in [0.25, 0.3) is 11.2 Å². The van der Waals surface area contributed by atoms with E-state index in [9.17, 15) is 24.5 Å². The number of aryl methyl sites for hydroxylation is 1. The molecule has 0 atom stereocenters. The van der Waals surface area contributed by atoms with Gasteiger partial charge in [0.15, 0.2) is 0 Å². The summed E-state index contributed by atoms with van der Waals surface area (Å²) in [6.45, 7) is 1.03. The molecule has 2 aromatic rings. The Bertz CT molecular complexity index is 1010. The van der Waals surface area contributed by atoms with E-state index in [-0.39, 0.29) is 5.69 Å². The van der Waals surface area contributed by atoms with Crippen LogP contribution in [0.5, 0.6) is 0 Å². The lowest BCUT2D eigenvalue weighted by atomic mass is 10.1. The molecule has 1 aromatic heterocycles. The summed E-state index contributed by atoms with van der Waals surface area (Å²) in [5.74, 6) is 0.360. The van der Waals surface area contributed by atoms with Crippen molar-refractivity contribution in [2.75, 3.05) is 32.1 Å². The molecule has 162 valence electrons. The first-order valence-electron chi connectivity index (χ1n) is 9.31. The zero-order valence-corrected chi connectivity index (χ0v) is 17.2. The maximum atomic E-state index is 12.0. The van der Waals surface area contributed by atoms with Crippen molar-refractivity contribution < 1.29 is 14.5 Å². The molecule has 0 fully saturated rings. The molecule has 1 aromatic carbocycles. The molecule has 0 saturated heterocycles. The van der Waals surface area contributed by atoms with Gasteiger partial charge in [0, 0.05) is 51.9 Å². The highest BCUT2D eigenvalue weighted by Gasteiger charge is 2.14. The number of anilines is 1. The van der Waals surface area contributed by atoms with Crippen LogP contribution in [-0.2, 0) is 25.3 Å². The molecule has 11 heteroatoms. The summed E-state index contributed by atoms with van der Waals surface area (Å²) in [6.07, 6.45) is 0.790. The minimum Gasteiger partial charge on any atom is -0.453 e. The SMILES string of the molecule is COC(=O)N(CCCc1ccc([N+](=O)[O-])cc1)CCNc1cc(=O)n(C)c(=O)n1C. The molecule has 0 aliphatic heterocycles. The summed E-state index contributed by atoms with van der Waals surface area (Å²) in [4.78, 5) is 47.5. The summed E-state index contributed by atoms with van der Waals surface area (Å²) < 4.78 is 7.14. The first-order valence-corrected chi connectivity index (χ1v) is 9.31. The average molecular weight is 419 g/mol. The molecule has 0 saturated carbocycles. The second-order valence-corrected chi connectivity index (χ2v) is 6.68. The number of rotatable bonds is 9. The van der Waals surface area contributed by atoms with Crippen molar-refractivity contribution in [1.29, 1.82) is 0 Å². The number of benzene rings is 1. The molecular weight excluding hydrogens is 394 g/mol. The number of methoxy groups -OCH3 is 1. The third-order valence-electron chi connectivity index (χ3n) is 4.69. The number of amides is 1. The summed E-state index contributed by atoms with van der Waals surface area (Å²) in [7, 11) is 4.24. The van der Waals surface area contributed by atoms with Gasteiger partial charge >= 0.3 is 11.8 Å². The van der Waals surface area contributed by atoms with Crippen molar-refractivity contribution in [1.82, 2.24) is 14.0 Å². The number of non-ortho nitro benzene ring substituents is 1. The Morgan fingerprint density at radius 3 is 2.43 bits per heavy atom. The second-order valence-electron chi connectivity index (χ2n) is 6.68. The lowest BCUT2D eigenvalue weighted by Gasteiger charge is -2.22. The third-order valence-corrected chi connectivity index (χ3v) is 4.69. The highest BCUT2D eigenvalue weighted by Crippen LogP contribution is 2.13. The van der Waals surface area contributed by atoms with Crippen molar-refractivity contribution in [2.45, 2.75) is 12.8 Å². The van der Waals surface area contributed by atoms with Crippen LogP contribution in [0.15, 0.2) is 39.9 Å². The standard InChI is InChI=1S/C19H25N5O6/c1-21-16(13-17(25)22(2)18(21)26)20-10-12-23(19(27)30-3)11-4-5-14-6-8-15(9-7-14)24(28)29/h6-9,13,20H,4-5,10-12H2,1-3H3. The minimum atomic E-state index is -0.488. The van der Waals surface area contributed by atoms with Gasteiger partial charge in [0.2, 0.25) is 0 Å². The maximum absolute atomic E-state index is 12.0. The first-order chi connectivity index (χ1) is 14.2. The average Bonchev–Trinajstić information content (AvgIpc) is 2.74. The normalized spacial score (nSPS) is 10.5. The quantitative estimate of drug-likeness (QED) is 0.476. The van der Waals surface area contributed by atoms with Crippen molar-refractivity contribution in [2.24, 2.45) is 14.1 Å². The van der Waals surface area contributed by atoms with Gasteiger partial charge in [0.05, 0.1) is 12.0 Å². The molecule has 2 rings (SSSR count). The fourth-order valence-electron chi connectivity index (χ4n) is 2.90. The van der Waals surface area contributed by atoms with Crippen molar-refractivity contribution in [3.63, 3.8) is 0 Å². The van der Waals surface area contributed by atoms with E-state index in [0.717, 1.165) is 10.1 Å². The van der Waals surface area contributed by atoms with Gasteiger partial charge in [-0.2, -0.15) is 0 Å². The van der Waals surface area contributed by atoms with Crippen molar-refractivity contribution in [3.05, 3.63) is 66.8 Å². The van der Waals surface area contributed by atoms with Gasteiger partial charge in [-0.3, -0.25) is 24.0 Å². The molecule has 1 amide bonds. The maximum Gasteiger partial charge on any atom is 0.409 e. The molecule has 11 nitrogen and oxygen atoms in total. The van der Waals surface area contributed by atoms with Crippen LogP contribution in [0.25, 0.3) is 0 Å². The van der Waals surface area contributed by atoms with Crippen LogP contribution >= 0.6 is 0 Å². The molecule has 0 spiro atoms. The molecule has 0 bridgehead atoms. The third kappa shape index (κ3) is 5.69. The van der Waals surface area contributed by atoms with Crippen LogP contribution < -0.4 is 16.6 Å². The van der Waals surface area contributed by atoms with Gasteiger partial charge in [-0.1, -0.05) is 12.1 Å². The van der Waals surface area contributed by atoms with Crippen LogP contribution in [-0.4, -0.2) is 51.8 Å². The Kier molecular flexibility index (Phi) is 7.73. The van der Waals surface area contributed by atoms with E-state index in [1.54, 1.807) is 19.2 Å². The Morgan fingerprint density at radius 2 is 1.83 bits per heavy atom. The molecule has 0 radical (unpaired) electrons. The van der Waals surface area contributed by atoms with Crippen LogP contribution in [0.2, 0.25) is 0 Å². The number of hydrogen-bond donors (Lipinski definition) is 1. The van der Waals surface area contributed by atoms with Crippen molar-refractivity contribution >= 4 is 17.6 Å². The van der Waals surface area contributed by atoms with Crippen LogP contribution in [0.3, 0.4) is 0 Å². The monoisotopic (exact) mass is 419 g/mol. The smallest absolute Gasteiger partial charge is 0.409 e. The molecule has 1 heterocycles. The number of carbonyl (C=O) groups excluding carboxylic acids is 1. The van der Waals surface area contributed by atoms with Gasteiger partial charge in [-0.25, -0.2) is 9.59 Å². The lowest BCUT2D eigenvalue weighted by Crippen LogP contribution is -2.39. The second kappa shape index (κ2) is 10.2. The molecule has 1 N–H and O–H groups in total. The number of nitro groups is 1. The molecular formula is C19H25N5O6. The number of nitrogens with zero attached hydrogens (tertiary/aromatic N) is 4. The summed E-state index contributed by atoms with van der Waals surface area (Å²) >= 11 is 0. The van der Waals surface area contributed by atoms with Gasteiger partial charge in [0.1, 0.15) is 5.82 Å². The fraction of sp³-hybridized carbons (Fsp3) is 0.421. The van der Waals surface area contributed by atoms with E-state index in [4.69, 9.17) is 4.74 Å². The largest absolute Gasteiger partial charge is 0.453 e. The van der Waals surface area contributed by atoms with E-state index in [2.05, 4.69) is 5.32 Å². The van der Waals surface area contributed by atoms with Crippen LogP contribution in [0.1, 0.15) is 12.0 Å². The number of carbonyl (C=O) groups is 1. The van der Waals surface area contributed by atoms with E-state index in [1.165, 1.54) is 41.8 Å². The fourth-order valence-corrected chi connectivity index (χ4v) is 2.90. The van der Waals surface area contributed by atoms with Crippen molar-refractivity contribution in [3.8, 4) is 0 Å². The summed E-state index contributed by atoms with van der Waals surface area (Å²) in [5.41, 5.74) is 0.0938. The molecule has 30 heavy (non-hydrogen) atoms.